The number of benzene rings is 9. The fourth-order valence-electron chi connectivity index (χ4n) is 9.68. The van der Waals surface area contributed by atoms with Gasteiger partial charge in [0.2, 0.25) is 0 Å². The van der Waals surface area contributed by atoms with E-state index >= 15 is 0 Å². The lowest BCUT2D eigenvalue weighted by atomic mass is 9.67. The Labute approximate surface area is 336 Å². The molecule has 274 valence electrons. The Morgan fingerprint density at radius 1 is 0.414 bits per heavy atom. The highest BCUT2D eigenvalue weighted by Crippen LogP contribution is 2.55. The molecule has 3 heteroatoms. The molecule has 0 radical (unpaired) electrons. The van der Waals surface area contributed by atoms with Crippen LogP contribution < -0.4 is 4.90 Å². The van der Waals surface area contributed by atoms with Crippen LogP contribution in [-0.4, -0.2) is 0 Å². The van der Waals surface area contributed by atoms with Gasteiger partial charge in [0.1, 0.15) is 16.7 Å². The molecule has 0 saturated carbocycles. The standard InChI is InChI=1S/C55H37NO2/c1-55(2)45-31-27-37(39-18-11-19-42-40-16-6-8-23-49(40)57-53(39)42)33-44(45)52-47(32-28-36-15-10-21-46(55)51(36)52)56(38-29-25-35(26-30-38)34-13-4-3-5-14-34)48-22-12-20-43-41-17-7-9-24-50(41)58-54(43)48/h3-33H,1-2H3. The van der Waals surface area contributed by atoms with Crippen LogP contribution >= 0.6 is 0 Å². The van der Waals surface area contributed by atoms with Crippen molar-refractivity contribution in [1.82, 2.24) is 0 Å². The monoisotopic (exact) mass is 743 g/mol. The lowest BCUT2D eigenvalue weighted by molar-refractivity contribution is 0.645. The van der Waals surface area contributed by atoms with E-state index in [1.54, 1.807) is 0 Å². The van der Waals surface area contributed by atoms with E-state index in [0.29, 0.717) is 0 Å². The first kappa shape index (κ1) is 32.8. The zero-order valence-electron chi connectivity index (χ0n) is 32.2. The van der Waals surface area contributed by atoms with Crippen LogP contribution in [0.5, 0.6) is 0 Å². The molecule has 0 saturated heterocycles. The van der Waals surface area contributed by atoms with Crippen molar-refractivity contribution in [3.63, 3.8) is 0 Å². The normalized spacial score (nSPS) is 13.1. The summed E-state index contributed by atoms with van der Waals surface area (Å²) in [5, 5.41) is 6.96. The van der Waals surface area contributed by atoms with Gasteiger partial charge in [0.25, 0.3) is 0 Å². The number of furan rings is 2. The van der Waals surface area contributed by atoms with Gasteiger partial charge in [-0.15, -0.1) is 0 Å². The lowest BCUT2D eigenvalue weighted by Crippen LogP contribution is -2.24. The number of nitrogens with zero attached hydrogens (tertiary/aromatic N) is 1. The Kier molecular flexibility index (Phi) is 6.98. The summed E-state index contributed by atoms with van der Waals surface area (Å²) < 4.78 is 13.4. The molecule has 12 rings (SSSR count). The molecule has 11 aromatic rings. The van der Waals surface area contributed by atoms with Crippen LogP contribution in [0.3, 0.4) is 0 Å². The zero-order valence-corrected chi connectivity index (χ0v) is 32.2. The van der Waals surface area contributed by atoms with E-state index < -0.39 is 0 Å². The summed E-state index contributed by atoms with van der Waals surface area (Å²) in [5.41, 5.74) is 16.1. The quantitative estimate of drug-likeness (QED) is 0.176. The predicted octanol–water partition coefficient (Wildman–Crippen LogP) is 15.7. The molecule has 58 heavy (non-hydrogen) atoms. The lowest BCUT2D eigenvalue weighted by Gasteiger charge is -2.38. The van der Waals surface area contributed by atoms with Crippen LogP contribution in [0, 0.1) is 0 Å². The van der Waals surface area contributed by atoms with Gasteiger partial charge < -0.3 is 13.7 Å². The second-order valence-corrected chi connectivity index (χ2v) is 16.0. The zero-order chi connectivity index (χ0) is 38.5. The molecule has 3 nitrogen and oxygen atoms in total. The maximum atomic E-state index is 6.79. The van der Waals surface area contributed by atoms with Crippen molar-refractivity contribution in [3.05, 3.63) is 199 Å². The Morgan fingerprint density at radius 3 is 1.81 bits per heavy atom. The number of rotatable bonds is 5. The highest BCUT2D eigenvalue weighted by atomic mass is 16.3. The average Bonchev–Trinajstić information content (AvgIpc) is 3.85. The number of para-hydroxylation sites is 4. The van der Waals surface area contributed by atoms with Crippen LogP contribution in [0.1, 0.15) is 25.0 Å². The van der Waals surface area contributed by atoms with E-state index in [-0.39, 0.29) is 5.41 Å². The fourth-order valence-corrected chi connectivity index (χ4v) is 9.68. The van der Waals surface area contributed by atoms with Crippen molar-refractivity contribution in [3.8, 4) is 33.4 Å². The van der Waals surface area contributed by atoms with E-state index in [9.17, 15) is 0 Å². The maximum absolute atomic E-state index is 6.79. The van der Waals surface area contributed by atoms with Gasteiger partial charge in [-0.25, -0.2) is 0 Å². The summed E-state index contributed by atoms with van der Waals surface area (Å²) in [7, 11) is 0. The molecule has 9 aromatic carbocycles. The van der Waals surface area contributed by atoms with Gasteiger partial charge in [0.05, 0.1) is 11.4 Å². The smallest absolute Gasteiger partial charge is 0.159 e. The summed E-state index contributed by atoms with van der Waals surface area (Å²) in [6.45, 7) is 4.73. The van der Waals surface area contributed by atoms with Gasteiger partial charge in [-0.1, -0.05) is 159 Å². The molecule has 0 atom stereocenters. The van der Waals surface area contributed by atoms with Gasteiger partial charge in [0.15, 0.2) is 5.58 Å². The molecule has 0 amide bonds. The van der Waals surface area contributed by atoms with Crippen molar-refractivity contribution >= 4 is 71.7 Å². The van der Waals surface area contributed by atoms with Gasteiger partial charge in [-0.3, -0.25) is 0 Å². The predicted molar refractivity (Wildman–Crippen MR) is 242 cm³/mol. The van der Waals surface area contributed by atoms with Crippen molar-refractivity contribution in [1.29, 1.82) is 0 Å². The van der Waals surface area contributed by atoms with Crippen molar-refractivity contribution in [2.45, 2.75) is 19.3 Å². The first-order valence-electron chi connectivity index (χ1n) is 20.0. The van der Waals surface area contributed by atoms with Crippen LogP contribution in [-0.2, 0) is 5.41 Å². The molecular weight excluding hydrogens is 707 g/mol. The van der Waals surface area contributed by atoms with Crippen molar-refractivity contribution < 1.29 is 8.83 Å². The number of hydrogen-bond acceptors (Lipinski definition) is 3. The average molecular weight is 744 g/mol. The number of anilines is 3. The van der Waals surface area contributed by atoms with E-state index in [1.807, 2.05) is 12.1 Å². The van der Waals surface area contributed by atoms with Crippen LogP contribution in [0.15, 0.2) is 197 Å². The third-order valence-corrected chi connectivity index (χ3v) is 12.5. The molecular formula is C55H37NO2. The first-order chi connectivity index (χ1) is 28.5. The topological polar surface area (TPSA) is 29.5 Å². The Hall–Kier alpha value is -7.36. The van der Waals surface area contributed by atoms with Crippen LogP contribution in [0.2, 0.25) is 0 Å². The Bertz CT molecular complexity index is 3420. The maximum Gasteiger partial charge on any atom is 0.159 e. The van der Waals surface area contributed by atoms with Gasteiger partial charge in [0, 0.05) is 43.8 Å². The number of fused-ring (bicyclic) bond motifs is 8. The summed E-state index contributed by atoms with van der Waals surface area (Å²) in [4.78, 5) is 2.42. The molecule has 1 aliphatic carbocycles. The summed E-state index contributed by atoms with van der Waals surface area (Å²) in [6, 6.07) is 67.7. The molecule has 0 aliphatic heterocycles. The molecule has 0 fully saturated rings. The Morgan fingerprint density at radius 2 is 1.03 bits per heavy atom. The Balaban J connectivity index is 1.16. The highest BCUT2D eigenvalue weighted by Gasteiger charge is 2.36. The first-order valence-corrected chi connectivity index (χ1v) is 20.0. The van der Waals surface area contributed by atoms with E-state index in [0.717, 1.165) is 72.1 Å². The summed E-state index contributed by atoms with van der Waals surface area (Å²) >= 11 is 0. The fraction of sp³-hybridized carbons (Fsp3) is 0.0545. The highest BCUT2D eigenvalue weighted by molar-refractivity contribution is 6.15. The van der Waals surface area contributed by atoms with Crippen molar-refractivity contribution in [2.24, 2.45) is 0 Å². The number of hydrogen-bond donors (Lipinski definition) is 0. The minimum absolute atomic E-state index is 0.245. The van der Waals surface area contributed by atoms with Crippen LogP contribution in [0.25, 0.3) is 88.0 Å². The van der Waals surface area contributed by atoms with Gasteiger partial charge in [-0.2, -0.15) is 0 Å². The van der Waals surface area contributed by atoms with Gasteiger partial charge >= 0.3 is 0 Å². The second-order valence-electron chi connectivity index (χ2n) is 16.0. The molecule has 0 N–H and O–H groups in total. The third kappa shape index (κ3) is 4.74. The minimum atomic E-state index is -0.245. The van der Waals surface area contributed by atoms with Crippen LogP contribution in [0.4, 0.5) is 17.1 Å². The van der Waals surface area contributed by atoms with Crippen molar-refractivity contribution in [2.75, 3.05) is 4.90 Å². The SMILES string of the molecule is CC1(C)c2ccc(-c3cccc4c3oc3ccccc34)cc2-c2c(N(c3ccc(-c4ccccc4)cc3)c3cccc4c3oc3ccccc34)ccc3cccc1c23. The van der Waals surface area contributed by atoms with Gasteiger partial charge in [-0.05, 0) is 86.6 Å². The largest absolute Gasteiger partial charge is 0.455 e. The molecule has 2 aromatic heterocycles. The van der Waals surface area contributed by atoms with E-state index in [1.165, 1.54) is 44.2 Å². The second kappa shape index (κ2) is 12.3. The molecule has 0 unspecified atom stereocenters. The van der Waals surface area contributed by atoms with E-state index in [4.69, 9.17) is 8.83 Å². The summed E-state index contributed by atoms with van der Waals surface area (Å²) in [6.07, 6.45) is 0. The summed E-state index contributed by atoms with van der Waals surface area (Å²) in [5.74, 6) is 0. The molecule has 0 spiro atoms. The third-order valence-electron chi connectivity index (χ3n) is 12.5. The molecule has 1 aliphatic rings. The van der Waals surface area contributed by atoms with E-state index in [2.05, 4.69) is 195 Å². The molecule has 2 heterocycles. The molecule has 0 bridgehead atoms. The minimum Gasteiger partial charge on any atom is -0.455 e.